The molecule has 0 spiro atoms. The van der Waals surface area contributed by atoms with Gasteiger partial charge in [-0.2, -0.15) is 4.91 Å². The predicted octanol–water partition coefficient (Wildman–Crippen LogP) is 0.834. The van der Waals surface area contributed by atoms with E-state index in [2.05, 4.69) is 23.3 Å². The van der Waals surface area contributed by atoms with E-state index >= 15 is 0 Å². The zero-order valence-corrected chi connectivity index (χ0v) is 11.9. The molecule has 112 valence electrons. The smallest absolute Gasteiger partial charge is 0.335 e. The highest BCUT2D eigenvalue weighted by Crippen LogP contribution is 2.19. The molecule has 1 aromatic carbocycles. The Kier molecular flexibility index (Phi) is 5.85. The minimum Gasteiger partial charge on any atom is -0.478 e. The van der Waals surface area contributed by atoms with Crippen LogP contribution in [-0.2, 0) is 9.59 Å². The fourth-order valence-electron chi connectivity index (χ4n) is 1.55. The number of aromatic carboxylic acids is 1. The molecule has 0 fully saturated rings. The second kappa shape index (κ2) is 7.39. The van der Waals surface area contributed by atoms with Crippen LogP contribution in [0.5, 0.6) is 0 Å². The number of rotatable bonds is 6. The van der Waals surface area contributed by atoms with Crippen molar-refractivity contribution >= 4 is 36.3 Å². The molecule has 1 rings (SSSR count). The van der Waals surface area contributed by atoms with Crippen LogP contribution < -0.4 is 9.62 Å². The van der Waals surface area contributed by atoms with E-state index in [1.54, 1.807) is 0 Å². The van der Waals surface area contributed by atoms with Crippen LogP contribution >= 0.6 is 12.8 Å². The van der Waals surface area contributed by atoms with Gasteiger partial charge in [-0.1, -0.05) is 24.1 Å². The summed E-state index contributed by atoms with van der Waals surface area (Å²) in [4.78, 5) is 44.4. The van der Waals surface area contributed by atoms with Crippen LogP contribution in [0.15, 0.2) is 29.4 Å². The average molecular weight is 311 g/mol. The summed E-state index contributed by atoms with van der Waals surface area (Å²) in [6.45, 7) is 0.743. The number of benzene rings is 1. The largest absolute Gasteiger partial charge is 0.478 e. The Hall–Kier alpha value is -2.42. The highest BCUT2D eigenvalue weighted by Gasteiger charge is 2.25. The minimum absolute atomic E-state index is 0.0241. The number of hydrogen-bond donors (Lipinski definition) is 3. The number of thiol groups is 1. The summed E-state index contributed by atoms with van der Waals surface area (Å²) >= 11 is 3.98. The molecule has 2 amide bonds. The highest BCUT2D eigenvalue weighted by atomic mass is 32.1. The van der Waals surface area contributed by atoms with Crippen molar-refractivity contribution in [2.45, 2.75) is 13.0 Å². The van der Waals surface area contributed by atoms with Gasteiger partial charge in [0.15, 0.2) is 0 Å². The molecule has 0 saturated heterocycles. The summed E-state index contributed by atoms with van der Waals surface area (Å²) in [5, 5.41) is 13.8. The first-order chi connectivity index (χ1) is 9.86. The predicted molar refractivity (Wildman–Crippen MR) is 78.1 cm³/mol. The molecule has 0 aliphatic rings. The van der Waals surface area contributed by atoms with E-state index in [4.69, 9.17) is 5.11 Å². The fraction of sp³-hybridized carbons (Fsp3) is 0.250. The molecule has 8 nitrogen and oxygen atoms in total. The van der Waals surface area contributed by atoms with E-state index in [1.165, 1.54) is 31.2 Å². The normalized spacial score (nSPS) is 11.3. The molecule has 9 heteroatoms. The van der Waals surface area contributed by atoms with E-state index in [0.29, 0.717) is 0 Å². The zero-order chi connectivity index (χ0) is 16.0. The summed E-state index contributed by atoms with van der Waals surface area (Å²) < 4.78 is 0.859. The molecule has 0 aromatic heterocycles. The van der Waals surface area contributed by atoms with Crippen molar-refractivity contribution in [3.63, 3.8) is 0 Å². The first kappa shape index (κ1) is 16.6. The summed E-state index contributed by atoms with van der Waals surface area (Å²) in [6.07, 6.45) is 0. The minimum atomic E-state index is -1.16. The van der Waals surface area contributed by atoms with E-state index < -0.39 is 30.4 Å². The number of carboxylic acid groups (broad SMARTS) is 1. The zero-order valence-electron chi connectivity index (χ0n) is 11.0. The van der Waals surface area contributed by atoms with Crippen molar-refractivity contribution in [1.82, 2.24) is 5.32 Å². The van der Waals surface area contributed by atoms with Gasteiger partial charge in [-0.05, 0) is 18.2 Å². The van der Waals surface area contributed by atoms with Gasteiger partial charge in [-0.25, -0.2) is 4.79 Å². The Labute approximate surface area is 125 Å². The number of hydrogen-bond acceptors (Lipinski definition) is 6. The maximum Gasteiger partial charge on any atom is 0.335 e. The number of amides is 2. The van der Waals surface area contributed by atoms with Gasteiger partial charge in [0.2, 0.25) is 5.91 Å². The van der Waals surface area contributed by atoms with Crippen LogP contribution in [0.25, 0.3) is 0 Å². The van der Waals surface area contributed by atoms with Crippen molar-refractivity contribution < 1.29 is 19.5 Å². The van der Waals surface area contributed by atoms with Crippen LogP contribution in [0.4, 0.5) is 5.69 Å². The standard InChI is InChI=1S/C12H13N3O5S/c1-7(16)14-10(6-13-20)11(17)15(21)9-4-2-3-8(5-9)12(18)19/h2-5,10,21H,6H2,1H3,(H,14,16)(H,18,19). The van der Waals surface area contributed by atoms with Crippen molar-refractivity contribution in [2.24, 2.45) is 5.18 Å². The summed E-state index contributed by atoms with van der Waals surface area (Å²) in [5.41, 5.74) is 0.174. The summed E-state index contributed by atoms with van der Waals surface area (Å²) in [5.74, 6) is -2.35. The second-order valence-corrected chi connectivity index (χ2v) is 4.47. The Morgan fingerprint density at radius 1 is 1.43 bits per heavy atom. The van der Waals surface area contributed by atoms with E-state index in [9.17, 15) is 19.3 Å². The van der Waals surface area contributed by atoms with Gasteiger partial charge in [0, 0.05) is 6.92 Å². The molecule has 0 heterocycles. The van der Waals surface area contributed by atoms with E-state index in [0.717, 1.165) is 4.31 Å². The third kappa shape index (κ3) is 4.56. The van der Waals surface area contributed by atoms with Gasteiger partial charge < -0.3 is 10.4 Å². The molecule has 1 aromatic rings. The fourth-order valence-corrected chi connectivity index (χ4v) is 1.81. The molecule has 2 N–H and O–H groups in total. The van der Waals surface area contributed by atoms with Crippen LogP contribution in [0.1, 0.15) is 17.3 Å². The lowest BCUT2D eigenvalue weighted by Gasteiger charge is -2.21. The van der Waals surface area contributed by atoms with Gasteiger partial charge in [0.25, 0.3) is 5.91 Å². The molecule has 0 radical (unpaired) electrons. The average Bonchev–Trinajstić information content (AvgIpc) is 2.45. The van der Waals surface area contributed by atoms with Crippen molar-refractivity contribution in [2.75, 3.05) is 10.8 Å². The molecular weight excluding hydrogens is 298 g/mol. The number of carbonyl (C=O) groups excluding carboxylic acids is 2. The van der Waals surface area contributed by atoms with Crippen LogP contribution in [0.2, 0.25) is 0 Å². The molecule has 0 saturated carbocycles. The lowest BCUT2D eigenvalue weighted by atomic mass is 10.2. The Bertz CT molecular complexity index is 578. The molecule has 1 atom stereocenters. The highest BCUT2D eigenvalue weighted by molar-refractivity contribution is 7.82. The molecule has 1 unspecified atom stereocenters. The van der Waals surface area contributed by atoms with Crippen molar-refractivity contribution in [3.8, 4) is 0 Å². The van der Waals surface area contributed by atoms with Crippen molar-refractivity contribution in [1.29, 1.82) is 0 Å². The number of nitroso groups, excluding NO2 is 1. The number of nitrogens with one attached hydrogen (secondary N) is 1. The van der Waals surface area contributed by atoms with Gasteiger partial charge in [-0.15, -0.1) is 0 Å². The van der Waals surface area contributed by atoms with Gasteiger partial charge in [-0.3, -0.25) is 13.9 Å². The maximum atomic E-state index is 12.1. The number of carboxylic acids is 1. The molecule has 0 aliphatic carbocycles. The van der Waals surface area contributed by atoms with E-state index in [-0.39, 0.29) is 11.3 Å². The first-order valence-electron chi connectivity index (χ1n) is 5.79. The van der Waals surface area contributed by atoms with Gasteiger partial charge in [0.1, 0.15) is 12.6 Å². The monoisotopic (exact) mass is 311 g/mol. The molecule has 0 bridgehead atoms. The third-order valence-electron chi connectivity index (χ3n) is 2.48. The Morgan fingerprint density at radius 2 is 2.10 bits per heavy atom. The number of nitrogens with zero attached hydrogens (tertiary/aromatic N) is 2. The van der Waals surface area contributed by atoms with Gasteiger partial charge >= 0.3 is 5.97 Å². The lowest BCUT2D eigenvalue weighted by molar-refractivity contribution is -0.125. The van der Waals surface area contributed by atoms with Crippen LogP contribution in [0.3, 0.4) is 0 Å². The molecule has 0 aliphatic heterocycles. The summed E-state index contributed by atoms with van der Waals surface area (Å²) in [7, 11) is 0. The molecule has 21 heavy (non-hydrogen) atoms. The summed E-state index contributed by atoms with van der Waals surface area (Å²) in [6, 6.07) is 4.35. The number of carbonyl (C=O) groups is 3. The van der Waals surface area contributed by atoms with E-state index in [1.807, 2.05) is 0 Å². The van der Waals surface area contributed by atoms with Crippen LogP contribution in [0, 0.1) is 4.91 Å². The first-order valence-corrected chi connectivity index (χ1v) is 6.19. The number of anilines is 1. The molecular formula is C12H13N3O5S. The second-order valence-electron chi connectivity index (χ2n) is 4.07. The van der Waals surface area contributed by atoms with Crippen molar-refractivity contribution in [3.05, 3.63) is 34.7 Å². The quantitative estimate of drug-likeness (QED) is 0.531. The third-order valence-corrected chi connectivity index (χ3v) is 2.91. The van der Waals surface area contributed by atoms with Crippen LogP contribution in [-0.4, -0.2) is 35.5 Å². The van der Waals surface area contributed by atoms with Gasteiger partial charge in [0.05, 0.1) is 11.3 Å². The topological polar surface area (TPSA) is 116 Å². The maximum absolute atomic E-state index is 12.1. The lowest BCUT2D eigenvalue weighted by Crippen LogP contribution is -2.47. The SMILES string of the molecule is CC(=O)NC(CN=O)C(=O)N(S)c1cccc(C(=O)O)c1. The Balaban J connectivity index is 2.98. The Morgan fingerprint density at radius 3 is 2.62 bits per heavy atom.